The van der Waals surface area contributed by atoms with Crippen molar-refractivity contribution in [3.05, 3.63) is 106 Å². The molecule has 39 heavy (non-hydrogen) atoms. The zero-order valence-electron chi connectivity index (χ0n) is 21.5. The van der Waals surface area contributed by atoms with Gasteiger partial charge < -0.3 is 9.15 Å². The van der Waals surface area contributed by atoms with Crippen molar-refractivity contribution in [3.8, 4) is 11.3 Å². The minimum absolute atomic E-state index is 0.248. The molecule has 0 N–H and O–H groups in total. The van der Waals surface area contributed by atoms with Crippen molar-refractivity contribution < 1.29 is 13.9 Å². The van der Waals surface area contributed by atoms with Crippen LogP contribution >= 0.6 is 55.0 Å². The molecule has 0 radical (unpaired) electrons. The number of ether oxygens (including phenoxy) is 1. The number of rotatable bonds is 6. The van der Waals surface area contributed by atoms with Crippen LogP contribution in [0.15, 0.2) is 93.9 Å². The molecule has 1 aliphatic heterocycles. The largest absolute Gasteiger partial charge is 0.459 e. The van der Waals surface area contributed by atoms with Crippen LogP contribution in [0.5, 0.6) is 0 Å². The third-order valence-corrected chi connectivity index (χ3v) is 9.02. The molecule has 1 aliphatic rings. The van der Waals surface area contributed by atoms with Crippen LogP contribution in [0, 0.1) is 0 Å². The van der Waals surface area contributed by atoms with Gasteiger partial charge in [-0.1, -0.05) is 55.3 Å². The van der Waals surface area contributed by atoms with Crippen molar-refractivity contribution in [1.82, 2.24) is 4.57 Å². The summed E-state index contributed by atoms with van der Waals surface area (Å²) in [5.74, 6) is 0.733. The molecule has 3 heterocycles. The first kappa shape index (κ1) is 27.9. The Morgan fingerprint density at radius 2 is 1.90 bits per heavy atom. The highest BCUT2D eigenvalue weighted by Crippen LogP contribution is 2.33. The van der Waals surface area contributed by atoms with Gasteiger partial charge in [-0.25, -0.2) is 9.79 Å². The lowest BCUT2D eigenvalue weighted by molar-refractivity contribution is -0.143. The predicted octanol–water partition coefficient (Wildman–Crippen LogP) is 6.69. The SMILES string of the molecule is CSc1ccc([C@@H]2C(C(=O)OC(C)C)=C(C)N=c3s/c(=C\c4ccc(-c5cc(Br)ccc5Br)o4)c(=O)n32)cc1. The Kier molecular flexibility index (Phi) is 8.19. The summed E-state index contributed by atoms with van der Waals surface area (Å²) < 4.78 is 15.5. The fraction of sp³-hybridized carbons (Fsp3) is 0.207. The van der Waals surface area contributed by atoms with Crippen LogP contribution in [0.3, 0.4) is 0 Å². The van der Waals surface area contributed by atoms with Crippen LogP contribution in [0.25, 0.3) is 17.4 Å². The quantitative estimate of drug-likeness (QED) is 0.167. The van der Waals surface area contributed by atoms with Crippen LogP contribution in [0.1, 0.15) is 38.1 Å². The summed E-state index contributed by atoms with van der Waals surface area (Å²) in [6, 6.07) is 16.8. The van der Waals surface area contributed by atoms with Crippen LogP contribution in [0.4, 0.5) is 0 Å². The van der Waals surface area contributed by atoms with E-state index in [0.717, 1.165) is 25.0 Å². The van der Waals surface area contributed by atoms with Crippen molar-refractivity contribution in [3.63, 3.8) is 0 Å². The van der Waals surface area contributed by atoms with Gasteiger partial charge in [0, 0.05) is 25.5 Å². The highest BCUT2D eigenvalue weighted by atomic mass is 79.9. The van der Waals surface area contributed by atoms with Gasteiger partial charge in [0.15, 0.2) is 4.80 Å². The number of thioether (sulfide) groups is 1. The molecule has 0 saturated carbocycles. The van der Waals surface area contributed by atoms with E-state index in [4.69, 9.17) is 9.15 Å². The molecule has 0 amide bonds. The van der Waals surface area contributed by atoms with Crippen molar-refractivity contribution in [2.45, 2.75) is 37.8 Å². The fourth-order valence-corrected chi connectivity index (χ4v) is 6.59. The van der Waals surface area contributed by atoms with E-state index < -0.39 is 12.0 Å². The molecule has 0 aliphatic carbocycles. The number of carbonyl (C=O) groups excluding carboxylic acids is 1. The Hall–Kier alpha value is -2.66. The van der Waals surface area contributed by atoms with E-state index in [1.807, 2.05) is 60.9 Å². The molecule has 1 atom stereocenters. The molecule has 2 aromatic heterocycles. The second-order valence-electron chi connectivity index (χ2n) is 9.14. The summed E-state index contributed by atoms with van der Waals surface area (Å²) >= 11 is 9.96. The third kappa shape index (κ3) is 5.66. The lowest BCUT2D eigenvalue weighted by Gasteiger charge is -2.25. The van der Waals surface area contributed by atoms with Gasteiger partial charge >= 0.3 is 5.97 Å². The zero-order chi connectivity index (χ0) is 27.8. The predicted molar refractivity (Wildman–Crippen MR) is 163 cm³/mol. The highest BCUT2D eigenvalue weighted by Gasteiger charge is 2.33. The van der Waals surface area contributed by atoms with Gasteiger partial charge in [-0.3, -0.25) is 9.36 Å². The Morgan fingerprint density at radius 1 is 1.15 bits per heavy atom. The maximum Gasteiger partial charge on any atom is 0.338 e. The minimum Gasteiger partial charge on any atom is -0.459 e. The van der Waals surface area contributed by atoms with Crippen LogP contribution in [0.2, 0.25) is 0 Å². The number of esters is 1. The van der Waals surface area contributed by atoms with Crippen LogP contribution in [-0.4, -0.2) is 22.9 Å². The number of fused-ring (bicyclic) bond motifs is 1. The molecule has 2 aromatic carbocycles. The van der Waals surface area contributed by atoms with Gasteiger partial charge in [0.25, 0.3) is 5.56 Å². The van der Waals surface area contributed by atoms with Gasteiger partial charge in [0.1, 0.15) is 11.5 Å². The summed E-state index contributed by atoms with van der Waals surface area (Å²) in [6.45, 7) is 5.39. The summed E-state index contributed by atoms with van der Waals surface area (Å²) in [6.07, 6.45) is 3.42. The average Bonchev–Trinajstić information content (AvgIpc) is 3.48. The number of carbonyl (C=O) groups is 1. The average molecular weight is 688 g/mol. The number of aromatic nitrogens is 1. The third-order valence-electron chi connectivity index (χ3n) is 6.11. The summed E-state index contributed by atoms with van der Waals surface area (Å²) in [4.78, 5) is 33.4. The maximum absolute atomic E-state index is 13.8. The van der Waals surface area contributed by atoms with E-state index in [0.29, 0.717) is 32.1 Å². The molecule has 0 unspecified atom stereocenters. The first-order valence-electron chi connectivity index (χ1n) is 12.1. The molecular weight excluding hydrogens is 664 g/mol. The normalized spacial score (nSPS) is 15.5. The molecule has 5 rings (SSSR count). The molecular formula is C29H24Br2N2O4S2. The smallest absolute Gasteiger partial charge is 0.338 e. The topological polar surface area (TPSA) is 73.8 Å². The Balaban J connectivity index is 1.63. The molecule has 0 bridgehead atoms. The van der Waals surface area contributed by atoms with Gasteiger partial charge in [-0.05, 0) is 75.1 Å². The number of furan rings is 1. The van der Waals surface area contributed by atoms with Gasteiger partial charge in [0.05, 0.1) is 27.9 Å². The first-order chi connectivity index (χ1) is 18.7. The first-order valence-corrected chi connectivity index (χ1v) is 15.7. The van der Waals surface area contributed by atoms with E-state index in [1.165, 1.54) is 11.3 Å². The van der Waals surface area contributed by atoms with Gasteiger partial charge in [-0.2, -0.15) is 0 Å². The van der Waals surface area contributed by atoms with Gasteiger partial charge in [-0.15, -0.1) is 11.8 Å². The second kappa shape index (κ2) is 11.4. The summed E-state index contributed by atoms with van der Waals surface area (Å²) in [5, 5.41) is 0. The molecule has 0 saturated heterocycles. The van der Waals surface area contributed by atoms with E-state index in [-0.39, 0.29) is 11.7 Å². The Bertz CT molecular complexity index is 1780. The fourth-order valence-electron chi connectivity index (χ4n) is 4.35. The van der Waals surface area contributed by atoms with Crippen molar-refractivity contribution >= 4 is 67.0 Å². The van der Waals surface area contributed by atoms with Crippen molar-refractivity contribution in [1.29, 1.82) is 0 Å². The van der Waals surface area contributed by atoms with Crippen molar-refractivity contribution in [2.75, 3.05) is 6.26 Å². The number of allylic oxidation sites excluding steroid dienone is 1. The number of hydrogen-bond donors (Lipinski definition) is 0. The van der Waals surface area contributed by atoms with Crippen LogP contribution in [-0.2, 0) is 9.53 Å². The second-order valence-corrected chi connectivity index (χ2v) is 12.8. The lowest BCUT2D eigenvalue weighted by atomic mass is 9.96. The number of benzene rings is 2. The molecule has 10 heteroatoms. The van der Waals surface area contributed by atoms with E-state index in [9.17, 15) is 9.59 Å². The maximum atomic E-state index is 13.8. The minimum atomic E-state index is -0.657. The monoisotopic (exact) mass is 686 g/mol. The lowest BCUT2D eigenvalue weighted by Crippen LogP contribution is -2.40. The van der Waals surface area contributed by atoms with Crippen molar-refractivity contribution in [2.24, 2.45) is 4.99 Å². The summed E-state index contributed by atoms with van der Waals surface area (Å²) in [5.41, 5.74) is 2.35. The molecule has 4 aromatic rings. The standard InChI is InChI=1S/C29H24Br2N2O4S2/c1-15(2)36-28(35)25-16(3)32-29-33(26(25)17-5-9-20(38-4)10-6-17)27(34)24(39-29)14-19-8-12-23(37-19)21-13-18(30)7-11-22(21)31/h5-15,26H,1-4H3/b24-14-/t26-/m1/s1. The Morgan fingerprint density at radius 3 is 2.59 bits per heavy atom. The molecule has 6 nitrogen and oxygen atoms in total. The molecule has 200 valence electrons. The zero-order valence-corrected chi connectivity index (χ0v) is 26.3. The molecule has 0 fully saturated rings. The Labute approximate surface area is 250 Å². The molecule has 0 spiro atoms. The van der Waals surface area contributed by atoms with E-state index >= 15 is 0 Å². The number of hydrogen-bond acceptors (Lipinski definition) is 7. The summed E-state index contributed by atoms with van der Waals surface area (Å²) in [7, 11) is 0. The number of nitrogens with zero attached hydrogens (tertiary/aromatic N) is 2. The number of halogens is 2. The van der Waals surface area contributed by atoms with Gasteiger partial charge in [0.2, 0.25) is 0 Å². The highest BCUT2D eigenvalue weighted by molar-refractivity contribution is 9.11. The van der Waals surface area contributed by atoms with Crippen LogP contribution < -0.4 is 14.9 Å². The van der Waals surface area contributed by atoms with E-state index in [2.05, 4.69) is 36.9 Å². The number of thiazole rings is 1. The van der Waals surface area contributed by atoms with E-state index in [1.54, 1.807) is 43.2 Å².